The number of rotatable bonds is 6. The van der Waals surface area contributed by atoms with Crippen molar-refractivity contribution in [1.82, 2.24) is 0 Å². The van der Waals surface area contributed by atoms with Crippen LogP contribution in [-0.2, 0) is 0 Å². The van der Waals surface area contributed by atoms with E-state index in [0.29, 0.717) is 10.3 Å². The Balaban J connectivity index is 1.99. The van der Waals surface area contributed by atoms with Crippen molar-refractivity contribution >= 4 is 51.9 Å². The van der Waals surface area contributed by atoms with Gasteiger partial charge in [-0.05, 0) is 48.5 Å². The lowest BCUT2D eigenvalue weighted by Crippen LogP contribution is -2.35. The topological polar surface area (TPSA) is 35.9 Å². The molecule has 0 unspecified atom stereocenters. The molecule has 0 aliphatic rings. The smallest absolute Gasteiger partial charge is 0.203 e. The summed E-state index contributed by atoms with van der Waals surface area (Å²) in [6.07, 6.45) is 0. The highest BCUT2D eigenvalue weighted by Crippen LogP contribution is 2.61. The van der Waals surface area contributed by atoms with Crippen molar-refractivity contribution in [2.75, 3.05) is 5.32 Å². The Kier molecular flexibility index (Phi) is 6.50. The predicted molar refractivity (Wildman–Crippen MR) is 139 cm³/mol. The molecule has 0 aromatic heterocycles. The van der Waals surface area contributed by atoms with E-state index in [1.807, 2.05) is 84.9 Å². The Morgan fingerprint density at radius 2 is 0.968 bits per heavy atom. The van der Waals surface area contributed by atoms with E-state index in [-0.39, 0.29) is 0 Å². The minimum Gasteiger partial charge on any atom is -0.343 e. The molecule has 0 radical (unpaired) electrons. The Morgan fingerprint density at radius 3 is 1.32 bits per heavy atom. The van der Waals surface area contributed by atoms with Crippen LogP contribution in [0.5, 0.6) is 0 Å². The molecule has 0 heterocycles. The summed E-state index contributed by atoms with van der Waals surface area (Å²) in [7, 11) is -2.44. The molecule has 4 aromatic rings. The van der Waals surface area contributed by atoms with Gasteiger partial charge in [0.1, 0.15) is 15.9 Å². The summed E-state index contributed by atoms with van der Waals surface area (Å²) in [4.78, 5) is 0.520. The number of para-hydroxylation sites is 1. The zero-order valence-electron chi connectivity index (χ0n) is 16.9. The normalized spacial score (nSPS) is 10.7. The summed E-state index contributed by atoms with van der Waals surface area (Å²) in [6.45, 7) is 0. The lowest BCUT2D eigenvalue weighted by Gasteiger charge is -2.28. The molecule has 2 N–H and O–H groups in total. The van der Waals surface area contributed by atoms with E-state index in [0.717, 1.165) is 21.6 Å². The van der Waals surface area contributed by atoms with Crippen LogP contribution < -0.4 is 21.2 Å². The van der Waals surface area contributed by atoms with E-state index in [1.54, 1.807) is 0 Å². The highest BCUT2D eigenvalue weighted by Gasteiger charge is 2.51. The van der Waals surface area contributed by atoms with Crippen LogP contribution >= 0.6 is 19.5 Å². The van der Waals surface area contributed by atoms with Gasteiger partial charge in [0.15, 0.2) is 12.3 Å². The average molecular weight is 438 g/mol. The molecule has 0 saturated carbocycles. The molecule has 2 nitrogen and oxygen atoms in total. The predicted octanol–water partition coefficient (Wildman–Crippen LogP) is 5.55. The SMILES string of the molecule is N=C=C(C(=S)Nc1ccccc1)[P+](c1ccccc1)(c1ccccc1)c1ccccc1. The van der Waals surface area contributed by atoms with E-state index >= 15 is 0 Å². The van der Waals surface area contributed by atoms with Crippen molar-refractivity contribution < 1.29 is 0 Å². The number of hydrogen-bond acceptors (Lipinski definition) is 2. The molecule has 0 saturated heterocycles. The molecule has 0 atom stereocenters. The minimum atomic E-state index is -2.44. The second-order valence-electron chi connectivity index (χ2n) is 6.97. The fourth-order valence-corrected chi connectivity index (χ4v) is 8.43. The summed E-state index contributed by atoms with van der Waals surface area (Å²) in [5.41, 5.74) is 0.896. The van der Waals surface area contributed by atoms with E-state index in [4.69, 9.17) is 17.6 Å². The van der Waals surface area contributed by atoms with E-state index in [2.05, 4.69) is 47.6 Å². The van der Waals surface area contributed by atoms with Gasteiger partial charge in [0.25, 0.3) is 0 Å². The van der Waals surface area contributed by atoms with Crippen molar-refractivity contribution in [1.29, 1.82) is 5.41 Å². The van der Waals surface area contributed by atoms with Gasteiger partial charge >= 0.3 is 0 Å². The summed E-state index contributed by atoms with van der Waals surface area (Å²) >= 11 is 5.90. The summed E-state index contributed by atoms with van der Waals surface area (Å²) in [6, 6.07) is 41.0. The third-order valence-electron chi connectivity index (χ3n) is 5.13. The van der Waals surface area contributed by atoms with Gasteiger partial charge in [0, 0.05) is 11.6 Å². The summed E-state index contributed by atoms with van der Waals surface area (Å²) < 4.78 is 0. The lowest BCUT2D eigenvalue weighted by atomic mass is 10.3. The van der Waals surface area contributed by atoms with E-state index < -0.39 is 7.26 Å². The molecule has 0 amide bonds. The van der Waals surface area contributed by atoms with Crippen LogP contribution in [0.4, 0.5) is 5.69 Å². The van der Waals surface area contributed by atoms with Gasteiger partial charge in [-0.1, -0.05) is 85.0 Å². The quantitative estimate of drug-likeness (QED) is 0.180. The maximum Gasteiger partial charge on any atom is 0.203 e. The second kappa shape index (κ2) is 9.64. The lowest BCUT2D eigenvalue weighted by molar-refractivity contribution is 1.59. The van der Waals surface area contributed by atoms with Crippen molar-refractivity contribution in [3.8, 4) is 0 Å². The number of anilines is 1. The molecule has 0 spiro atoms. The molecule has 4 heteroatoms. The van der Waals surface area contributed by atoms with Crippen molar-refractivity contribution in [2.24, 2.45) is 0 Å². The number of thiocarbonyl (C=S) groups is 1. The van der Waals surface area contributed by atoms with Crippen LogP contribution in [-0.4, -0.2) is 10.9 Å². The van der Waals surface area contributed by atoms with E-state index in [9.17, 15) is 0 Å². The molecular weight excluding hydrogens is 415 g/mol. The fourth-order valence-electron chi connectivity index (χ4n) is 3.79. The molecule has 4 aromatic carbocycles. The van der Waals surface area contributed by atoms with Gasteiger partial charge in [0.2, 0.25) is 5.31 Å². The third-order valence-corrected chi connectivity index (χ3v) is 9.81. The third kappa shape index (κ3) is 4.13. The number of hydrogen-bond donors (Lipinski definition) is 2. The van der Waals surface area contributed by atoms with Crippen LogP contribution in [0, 0.1) is 5.41 Å². The molecule has 0 aliphatic carbocycles. The maximum absolute atomic E-state index is 8.37. The molecule has 0 fully saturated rings. The van der Waals surface area contributed by atoms with E-state index in [1.165, 1.54) is 0 Å². The van der Waals surface area contributed by atoms with Crippen LogP contribution in [0.15, 0.2) is 127 Å². The van der Waals surface area contributed by atoms with Crippen molar-refractivity contribution in [3.05, 3.63) is 127 Å². The van der Waals surface area contributed by atoms with Gasteiger partial charge in [-0.3, -0.25) is 5.41 Å². The Bertz CT molecular complexity index is 1110. The molecule has 4 rings (SSSR count). The van der Waals surface area contributed by atoms with Gasteiger partial charge in [-0.15, -0.1) is 0 Å². The van der Waals surface area contributed by atoms with Gasteiger partial charge in [-0.2, -0.15) is 0 Å². The highest BCUT2D eigenvalue weighted by molar-refractivity contribution is 8.01. The number of nitrogens with one attached hydrogen (secondary N) is 2. The Morgan fingerprint density at radius 1 is 0.613 bits per heavy atom. The molecule has 31 heavy (non-hydrogen) atoms. The minimum absolute atomic E-state index is 0.520. The van der Waals surface area contributed by atoms with Crippen LogP contribution in [0.2, 0.25) is 0 Å². The number of benzene rings is 4. The summed E-state index contributed by atoms with van der Waals surface area (Å²) in [5, 5.41) is 15.8. The first kappa shape index (κ1) is 20.9. The molecule has 150 valence electrons. The first-order valence-corrected chi connectivity index (χ1v) is 12.2. The molecule has 0 aliphatic heterocycles. The molecule has 0 bridgehead atoms. The van der Waals surface area contributed by atoms with Gasteiger partial charge < -0.3 is 5.32 Å². The van der Waals surface area contributed by atoms with Crippen LogP contribution in [0.25, 0.3) is 0 Å². The van der Waals surface area contributed by atoms with Gasteiger partial charge in [0.05, 0.1) is 0 Å². The van der Waals surface area contributed by atoms with Crippen molar-refractivity contribution in [2.45, 2.75) is 0 Å². The molecular formula is C27H22N2PS+. The first-order valence-electron chi connectivity index (χ1n) is 9.99. The standard InChI is InChI=1S/C27H21N2PS/c28-21-26(27(31)29-22-13-5-1-6-14-22)30(23-15-7-2-8-16-23,24-17-9-3-10-18-24)25-19-11-4-12-20-25/h1-20,28H/p+1. The zero-order chi connectivity index (χ0) is 21.5. The van der Waals surface area contributed by atoms with Gasteiger partial charge in [-0.25, -0.2) is 0 Å². The monoisotopic (exact) mass is 437 g/mol. The maximum atomic E-state index is 8.37. The Labute approximate surface area is 189 Å². The fraction of sp³-hybridized carbons (Fsp3) is 0. The van der Waals surface area contributed by atoms with Crippen molar-refractivity contribution in [3.63, 3.8) is 0 Å². The summed E-state index contributed by atoms with van der Waals surface area (Å²) in [5.74, 6) is 2.77. The highest BCUT2D eigenvalue weighted by atomic mass is 32.1. The Hall–Kier alpha value is -3.35. The second-order valence-corrected chi connectivity index (χ2v) is 10.7. The largest absolute Gasteiger partial charge is 0.343 e. The van der Waals surface area contributed by atoms with Crippen LogP contribution in [0.3, 0.4) is 0 Å². The average Bonchev–Trinajstić information content (AvgIpc) is 2.84. The first-order chi connectivity index (χ1) is 15.3. The van der Waals surface area contributed by atoms with Crippen LogP contribution in [0.1, 0.15) is 0 Å². The zero-order valence-corrected chi connectivity index (χ0v) is 18.6.